The zero-order valence-electron chi connectivity index (χ0n) is 15.0. The zero-order valence-corrected chi connectivity index (χ0v) is 15.0. The fourth-order valence-electron chi connectivity index (χ4n) is 4.48. The van der Waals surface area contributed by atoms with Gasteiger partial charge in [0.05, 0.1) is 16.8 Å². The third-order valence-corrected chi connectivity index (χ3v) is 5.93. The molecule has 2 heterocycles. The van der Waals surface area contributed by atoms with Crippen molar-refractivity contribution in [3.63, 3.8) is 0 Å². The van der Waals surface area contributed by atoms with E-state index in [1.807, 2.05) is 38.1 Å². The molecular weight excluding hydrogens is 332 g/mol. The summed E-state index contributed by atoms with van der Waals surface area (Å²) in [5, 5.41) is 18.0. The number of aliphatic carboxylic acids is 1. The van der Waals surface area contributed by atoms with E-state index in [-0.39, 0.29) is 18.4 Å². The van der Waals surface area contributed by atoms with Crippen molar-refractivity contribution in [3.05, 3.63) is 41.2 Å². The molecule has 1 saturated carbocycles. The van der Waals surface area contributed by atoms with E-state index in [2.05, 4.69) is 10.3 Å². The number of amides is 1. The Bertz CT molecular complexity index is 891. The zero-order chi connectivity index (χ0) is 18.5. The van der Waals surface area contributed by atoms with Crippen LogP contribution >= 0.6 is 0 Å². The second-order valence-electron chi connectivity index (χ2n) is 7.51. The highest BCUT2D eigenvalue weighted by Crippen LogP contribution is 2.49. The summed E-state index contributed by atoms with van der Waals surface area (Å²) in [6.45, 7) is 4.57. The third-order valence-electron chi connectivity index (χ3n) is 5.93. The second-order valence-corrected chi connectivity index (χ2v) is 7.51. The molecular formula is C19H22N4O3. The summed E-state index contributed by atoms with van der Waals surface area (Å²) >= 11 is 0. The molecule has 1 N–H and O–H groups in total. The number of carbonyl (C=O) groups is 2. The highest BCUT2D eigenvalue weighted by atomic mass is 16.4. The lowest BCUT2D eigenvalue weighted by molar-refractivity contribution is -0.149. The predicted octanol–water partition coefficient (Wildman–Crippen LogP) is 2.21. The van der Waals surface area contributed by atoms with Crippen LogP contribution in [0.25, 0.3) is 5.69 Å². The Balaban J connectivity index is 1.61. The maximum absolute atomic E-state index is 13.0. The first-order chi connectivity index (χ1) is 12.4. The van der Waals surface area contributed by atoms with E-state index < -0.39 is 11.4 Å². The van der Waals surface area contributed by atoms with Gasteiger partial charge in [0.2, 0.25) is 0 Å². The molecule has 136 valence electrons. The van der Waals surface area contributed by atoms with Crippen LogP contribution in [0.3, 0.4) is 0 Å². The number of benzene rings is 1. The summed E-state index contributed by atoms with van der Waals surface area (Å²) in [7, 11) is 0. The Morgan fingerprint density at radius 2 is 2.12 bits per heavy atom. The number of carbonyl (C=O) groups excluding carboxylic acids is 1. The maximum Gasteiger partial charge on any atom is 0.311 e. The normalized spacial score (nSPS) is 24.7. The molecule has 1 aliphatic heterocycles. The predicted molar refractivity (Wildman–Crippen MR) is 94.1 cm³/mol. The number of aryl methyl sites for hydroxylation is 1. The van der Waals surface area contributed by atoms with E-state index in [1.54, 1.807) is 9.58 Å². The van der Waals surface area contributed by atoms with Crippen LogP contribution in [0.4, 0.5) is 0 Å². The summed E-state index contributed by atoms with van der Waals surface area (Å²) in [6.07, 6.45) is 2.43. The molecule has 1 amide bonds. The van der Waals surface area contributed by atoms with Crippen molar-refractivity contribution in [2.45, 2.75) is 33.1 Å². The van der Waals surface area contributed by atoms with Gasteiger partial charge >= 0.3 is 5.97 Å². The molecule has 7 heteroatoms. The molecule has 0 bridgehead atoms. The van der Waals surface area contributed by atoms with Crippen LogP contribution in [0.15, 0.2) is 24.3 Å². The number of rotatable bonds is 3. The van der Waals surface area contributed by atoms with Gasteiger partial charge in [-0.3, -0.25) is 9.59 Å². The molecule has 26 heavy (non-hydrogen) atoms. The standard InChI is InChI=1S/C19H22N4O3/c1-12-5-3-7-15(9-12)23-13(2)16(20-21-23)17(24)22-10-14-6-4-8-19(14,11-22)18(25)26/h3,5,7,9,14H,4,6,8,10-11H2,1-2H3,(H,25,26)/t14-,19+/m0/s1. The van der Waals surface area contributed by atoms with Gasteiger partial charge in [-0.25, -0.2) is 4.68 Å². The minimum atomic E-state index is -0.782. The van der Waals surface area contributed by atoms with Gasteiger partial charge < -0.3 is 10.0 Å². The van der Waals surface area contributed by atoms with Crippen LogP contribution in [-0.4, -0.2) is 50.0 Å². The molecule has 2 fully saturated rings. The third kappa shape index (κ3) is 2.41. The Hall–Kier alpha value is -2.70. The lowest BCUT2D eigenvalue weighted by Crippen LogP contribution is -2.37. The van der Waals surface area contributed by atoms with Gasteiger partial charge in [-0.1, -0.05) is 23.8 Å². The number of carboxylic acid groups (broad SMARTS) is 1. The first-order valence-corrected chi connectivity index (χ1v) is 8.94. The molecule has 1 aliphatic carbocycles. The molecule has 0 radical (unpaired) electrons. The number of fused-ring (bicyclic) bond motifs is 1. The maximum atomic E-state index is 13.0. The lowest BCUT2D eigenvalue weighted by Gasteiger charge is -2.23. The van der Waals surface area contributed by atoms with E-state index in [9.17, 15) is 14.7 Å². The van der Waals surface area contributed by atoms with E-state index in [0.29, 0.717) is 24.4 Å². The topological polar surface area (TPSA) is 88.3 Å². The number of aromatic nitrogens is 3. The fraction of sp³-hybridized carbons (Fsp3) is 0.474. The molecule has 0 unspecified atom stereocenters. The summed E-state index contributed by atoms with van der Waals surface area (Å²) in [6, 6.07) is 7.83. The Morgan fingerprint density at radius 3 is 2.81 bits per heavy atom. The molecule has 0 spiro atoms. The van der Waals surface area contributed by atoms with Crippen molar-refractivity contribution in [1.29, 1.82) is 0 Å². The Kier molecular flexibility index (Phi) is 3.82. The molecule has 1 aromatic carbocycles. The van der Waals surface area contributed by atoms with Gasteiger partial charge in [-0.2, -0.15) is 0 Å². The molecule has 2 aliphatic rings. The molecule has 1 saturated heterocycles. The smallest absolute Gasteiger partial charge is 0.311 e. The highest BCUT2D eigenvalue weighted by molar-refractivity contribution is 5.94. The summed E-state index contributed by atoms with van der Waals surface area (Å²) in [5.74, 6) is -0.970. The monoisotopic (exact) mass is 354 g/mol. The minimum Gasteiger partial charge on any atom is -0.481 e. The van der Waals surface area contributed by atoms with Crippen molar-refractivity contribution in [2.24, 2.45) is 11.3 Å². The summed E-state index contributed by atoms with van der Waals surface area (Å²) < 4.78 is 1.66. The van der Waals surface area contributed by atoms with Crippen molar-refractivity contribution in [1.82, 2.24) is 19.9 Å². The Morgan fingerprint density at radius 1 is 1.31 bits per heavy atom. The number of likely N-dealkylation sites (tertiary alicyclic amines) is 1. The minimum absolute atomic E-state index is 0.0380. The first kappa shape index (κ1) is 16.8. The fourth-order valence-corrected chi connectivity index (χ4v) is 4.48. The second kappa shape index (κ2) is 5.93. The van der Waals surface area contributed by atoms with Crippen molar-refractivity contribution < 1.29 is 14.7 Å². The van der Waals surface area contributed by atoms with Crippen LogP contribution in [0, 0.1) is 25.2 Å². The van der Waals surface area contributed by atoms with Gasteiger partial charge in [-0.05, 0) is 50.3 Å². The van der Waals surface area contributed by atoms with Gasteiger partial charge in [0.15, 0.2) is 5.69 Å². The Labute approximate surface area is 151 Å². The van der Waals surface area contributed by atoms with Gasteiger partial charge in [0, 0.05) is 13.1 Å². The quantitative estimate of drug-likeness (QED) is 0.913. The number of hydrogen-bond donors (Lipinski definition) is 1. The van der Waals surface area contributed by atoms with Crippen molar-refractivity contribution >= 4 is 11.9 Å². The number of nitrogens with zero attached hydrogens (tertiary/aromatic N) is 4. The van der Waals surface area contributed by atoms with Gasteiger partial charge in [0.1, 0.15) is 0 Å². The van der Waals surface area contributed by atoms with Crippen LogP contribution < -0.4 is 0 Å². The summed E-state index contributed by atoms with van der Waals surface area (Å²) in [4.78, 5) is 26.5. The SMILES string of the molecule is Cc1cccc(-n2nnc(C(=O)N3C[C@@H]4CCC[C@@]4(C(=O)O)C3)c2C)c1. The van der Waals surface area contributed by atoms with Crippen molar-refractivity contribution in [3.8, 4) is 5.69 Å². The van der Waals surface area contributed by atoms with Crippen LogP contribution in [0.1, 0.15) is 41.0 Å². The molecule has 2 atom stereocenters. The summed E-state index contributed by atoms with van der Waals surface area (Å²) in [5.41, 5.74) is 2.14. The molecule has 1 aromatic heterocycles. The average Bonchev–Trinajstić information content (AvgIpc) is 3.26. The largest absolute Gasteiger partial charge is 0.481 e. The number of hydrogen-bond acceptors (Lipinski definition) is 4. The van der Waals surface area contributed by atoms with Gasteiger partial charge in [-0.15, -0.1) is 5.10 Å². The van der Waals surface area contributed by atoms with Crippen LogP contribution in [0.2, 0.25) is 0 Å². The lowest BCUT2D eigenvalue weighted by atomic mass is 9.81. The highest BCUT2D eigenvalue weighted by Gasteiger charge is 2.56. The average molecular weight is 354 g/mol. The van der Waals surface area contributed by atoms with Gasteiger partial charge in [0.25, 0.3) is 5.91 Å². The van der Waals surface area contributed by atoms with Crippen LogP contribution in [0.5, 0.6) is 0 Å². The van der Waals surface area contributed by atoms with E-state index in [1.165, 1.54) is 0 Å². The van der Waals surface area contributed by atoms with E-state index in [4.69, 9.17) is 0 Å². The molecule has 4 rings (SSSR count). The first-order valence-electron chi connectivity index (χ1n) is 8.94. The van der Waals surface area contributed by atoms with E-state index >= 15 is 0 Å². The molecule has 7 nitrogen and oxygen atoms in total. The molecule has 2 aromatic rings. The van der Waals surface area contributed by atoms with E-state index in [0.717, 1.165) is 24.1 Å². The van der Waals surface area contributed by atoms with Crippen LogP contribution in [-0.2, 0) is 4.79 Å². The van der Waals surface area contributed by atoms with Crippen molar-refractivity contribution in [2.75, 3.05) is 13.1 Å². The number of carboxylic acids is 1.